The van der Waals surface area contributed by atoms with Crippen LogP contribution in [0.1, 0.15) is 5.76 Å². The van der Waals surface area contributed by atoms with E-state index in [1.807, 2.05) is 42.5 Å². The number of amides is 1. The molecule has 0 bridgehead atoms. The maximum absolute atomic E-state index is 12.8. The molecule has 1 amide bonds. The van der Waals surface area contributed by atoms with Gasteiger partial charge in [-0.15, -0.1) is 0 Å². The summed E-state index contributed by atoms with van der Waals surface area (Å²) in [5.74, 6) is 0.0411. The molecule has 7 nitrogen and oxygen atoms in total. The molecular weight excluding hydrogens is 356 g/mol. The minimum atomic E-state index is -0.466. The van der Waals surface area contributed by atoms with Gasteiger partial charge in [0.05, 0.1) is 23.6 Å². The average Bonchev–Trinajstić information content (AvgIpc) is 3.24. The van der Waals surface area contributed by atoms with Gasteiger partial charge in [0.25, 0.3) is 11.5 Å². The topological polar surface area (TPSA) is 89.5 Å². The molecule has 0 saturated heterocycles. The van der Waals surface area contributed by atoms with Gasteiger partial charge in [0.1, 0.15) is 12.3 Å². The molecule has 0 saturated carbocycles. The maximum atomic E-state index is 12.8. The molecule has 1 N–H and O–H groups in total. The fourth-order valence-electron chi connectivity index (χ4n) is 2.86. The van der Waals surface area contributed by atoms with Crippen molar-refractivity contribution in [2.24, 2.45) is 5.10 Å². The lowest BCUT2D eigenvalue weighted by Gasteiger charge is -2.10. The van der Waals surface area contributed by atoms with Crippen LogP contribution in [0.5, 0.6) is 0 Å². The molecule has 0 radical (unpaired) electrons. The van der Waals surface area contributed by atoms with Gasteiger partial charge in [-0.3, -0.25) is 9.59 Å². The fourth-order valence-corrected chi connectivity index (χ4v) is 2.86. The highest BCUT2D eigenvalue weighted by molar-refractivity contribution is 5.93. The third-order valence-corrected chi connectivity index (χ3v) is 4.13. The van der Waals surface area contributed by atoms with Crippen LogP contribution in [0.2, 0.25) is 0 Å². The van der Waals surface area contributed by atoms with Crippen LogP contribution in [0.3, 0.4) is 0 Å². The van der Waals surface area contributed by atoms with E-state index in [0.29, 0.717) is 16.8 Å². The number of hydrogen-bond donors (Lipinski definition) is 1. The number of hydrazone groups is 1. The highest BCUT2D eigenvalue weighted by Gasteiger charge is 2.13. The summed E-state index contributed by atoms with van der Waals surface area (Å²) in [7, 11) is 0. The summed E-state index contributed by atoms with van der Waals surface area (Å²) < 4.78 is 6.25. The number of nitrogens with zero attached hydrogens (tertiary/aromatic N) is 3. The fraction of sp³-hybridized carbons (Fsp3) is 0.0476. The first kappa shape index (κ1) is 17.4. The summed E-state index contributed by atoms with van der Waals surface area (Å²) >= 11 is 0. The van der Waals surface area contributed by atoms with E-state index in [9.17, 15) is 9.59 Å². The third kappa shape index (κ3) is 3.59. The Labute approximate surface area is 159 Å². The van der Waals surface area contributed by atoms with Gasteiger partial charge in [0, 0.05) is 10.9 Å². The van der Waals surface area contributed by atoms with E-state index < -0.39 is 5.91 Å². The maximum Gasteiger partial charge on any atom is 0.275 e. The summed E-state index contributed by atoms with van der Waals surface area (Å²) in [6.07, 6.45) is 2.89. The van der Waals surface area contributed by atoms with Gasteiger partial charge in [-0.1, -0.05) is 48.5 Å². The van der Waals surface area contributed by atoms with Gasteiger partial charge in [-0.2, -0.15) is 10.2 Å². The van der Waals surface area contributed by atoms with Crippen molar-refractivity contribution in [2.75, 3.05) is 0 Å². The predicted octanol–water partition coefficient (Wildman–Crippen LogP) is 2.81. The SMILES string of the molecule is O=C(Cn1nc(-c2ccccc2)c2ccccc2c1=O)N/N=C/c1ccco1. The lowest BCUT2D eigenvalue weighted by molar-refractivity contribution is -0.121. The van der Waals surface area contributed by atoms with Crippen molar-refractivity contribution in [3.63, 3.8) is 0 Å². The number of furan rings is 1. The number of benzene rings is 2. The Bertz CT molecular complexity index is 1200. The molecule has 138 valence electrons. The number of hydrogen-bond acceptors (Lipinski definition) is 5. The van der Waals surface area contributed by atoms with Crippen molar-refractivity contribution < 1.29 is 9.21 Å². The molecule has 0 spiro atoms. The van der Waals surface area contributed by atoms with E-state index >= 15 is 0 Å². The van der Waals surface area contributed by atoms with E-state index in [0.717, 1.165) is 15.6 Å². The Hall–Kier alpha value is -4.00. The molecule has 2 heterocycles. The molecule has 28 heavy (non-hydrogen) atoms. The van der Waals surface area contributed by atoms with Crippen LogP contribution in [0.4, 0.5) is 0 Å². The van der Waals surface area contributed by atoms with Crippen LogP contribution in [-0.2, 0) is 11.3 Å². The smallest absolute Gasteiger partial charge is 0.275 e. The molecule has 0 fully saturated rings. The highest BCUT2D eigenvalue weighted by atomic mass is 16.3. The summed E-state index contributed by atoms with van der Waals surface area (Å²) in [6, 6.07) is 20.2. The molecule has 2 aromatic carbocycles. The molecule has 2 aromatic heterocycles. The molecular formula is C21H16N4O3. The number of aromatic nitrogens is 2. The van der Waals surface area contributed by atoms with Crippen LogP contribution in [0, 0.1) is 0 Å². The lowest BCUT2D eigenvalue weighted by Crippen LogP contribution is -2.32. The number of carbonyl (C=O) groups excluding carboxylic acids is 1. The summed E-state index contributed by atoms with van der Waals surface area (Å²) in [5.41, 5.74) is 3.55. The number of fused-ring (bicyclic) bond motifs is 1. The molecule has 7 heteroatoms. The predicted molar refractivity (Wildman–Crippen MR) is 106 cm³/mol. The highest BCUT2D eigenvalue weighted by Crippen LogP contribution is 2.24. The molecule has 0 unspecified atom stereocenters. The zero-order chi connectivity index (χ0) is 19.3. The zero-order valence-corrected chi connectivity index (χ0v) is 14.8. The van der Waals surface area contributed by atoms with E-state index in [4.69, 9.17) is 4.42 Å². The Morgan fingerprint density at radius 3 is 2.54 bits per heavy atom. The van der Waals surface area contributed by atoms with Gasteiger partial charge in [-0.25, -0.2) is 10.1 Å². The van der Waals surface area contributed by atoms with Crippen LogP contribution < -0.4 is 11.0 Å². The number of rotatable bonds is 5. The number of carbonyl (C=O) groups is 1. The second kappa shape index (κ2) is 7.71. The van der Waals surface area contributed by atoms with Crippen molar-refractivity contribution in [2.45, 2.75) is 6.54 Å². The molecule has 0 aliphatic heterocycles. The van der Waals surface area contributed by atoms with Crippen LogP contribution in [-0.4, -0.2) is 21.9 Å². The second-order valence-corrected chi connectivity index (χ2v) is 6.03. The normalized spacial score (nSPS) is 11.1. The summed E-state index contributed by atoms with van der Waals surface area (Å²) in [6.45, 7) is -0.251. The van der Waals surface area contributed by atoms with Crippen LogP contribution in [0.25, 0.3) is 22.0 Å². The van der Waals surface area contributed by atoms with Crippen molar-refractivity contribution in [1.29, 1.82) is 0 Å². The minimum absolute atomic E-state index is 0.251. The molecule has 0 aliphatic rings. The Balaban J connectivity index is 1.66. The van der Waals surface area contributed by atoms with Gasteiger partial charge in [0.15, 0.2) is 0 Å². The van der Waals surface area contributed by atoms with Crippen molar-refractivity contribution in [3.05, 3.63) is 89.1 Å². The van der Waals surface area contributed by atoms with Crippen LogP contribution in [0.15, 0.2) is 87.3 Å². The van der Waals surface area contributed by atoms with Crippen molar-refractivity contribution in [1.82, 2.24) is 15.2 Å². The average molecular weight is 372 g/mol. The van der Waals surface area contributed by atoms with Crippen molar-refractivity contribution in [3.8, 4) is 11.3 Å². The second-order valence-electron chi connectivity index (χ2n) is 6.03. The Morgan fingerprint density at radius 2 is 1.79 bits per heavy atom. The zero-order valence-electron chi connectivity index (χ0n) is 14.8. The van der Waals surface area contributed by atoms with Crippen molar-refractivity contribution >= 4 is 22.9 Å². The number of nitrogens with one attached hydrogen (secondary N) is 1. The lowest BCUT2D eigenvalue weighted by atomic mass is 10.1. The largest absolute Gasteiger partial charge is 0.463 e. The van der Waals surface area contributed by atoms with Gasteiger partial charge < -0.3 is 4.42 Å². The molecule has 4 aromatic rings. The molecule has 4 rings (SSSR count). The van der Waals surface area contributed by atoms with E-state index in [2.05, 4.69) is 15.6 Å². The monoisotopic (exact) mass is 372 g/mol. The Kier molecular flexibility index (Phi) is 4.79. The van der Waals surface area contributed by atoms with Gasteiger partial charge in [0.2, 0.25) is 0 Å². The first-order valence-corrected chi connectivity index (χ1v) is 8.63. The van der Waals surface area contributed by atoms with Crippen LogP contribution >= 0.6 is 0 Å². The summed E-state index contributed by atoms with van der Waals surface area (Å²) in [5, 5.41) is 9.51. The quantitative estimate of drug-likeness (QED) is 0.431. The van der Waals surface area contributed by atoms with E-state index in [1.165, 1.54) is 12.5 Å². The van der Waals surface area contributed by atoms with Gasteiger partial charge >= 0.3 is 0 Å². The standard InChI is InChI=1S/C21H16N4O3/c26-19(23-22-13-16-9-6-12-28-16)14-25-21(27)18-11-5-4-10-17(18)20(24-25)15-7-2-1-3-8-15/h1-13H,14H2,(H,23,26)/b22-13+. The minimum Gasteiger partial charge on any atom is -0.463 e. The first-order chi connectivity index (χ1) is 13.7. The molecule has 0 aliphatic carbocycles. The van der Waals surface area contributed by atoms with E-state index in [-0.39, 0.29) is 12.1 Å². The third-order valence-electron chi connectivity index (χ3n) is 4.13. The summed E-state index contributed by atoms with van der Waals surface area (Å²) in [4.78, 5) is 25.0. The molecule has 0 atom stereocenters. The first-order valence-electron chi connectivity index (χ1n) is 8.63. The van der Waals surface area contributed by atoms with E-state index in [1.54, 1.807) is 24.3 Å². The van der Waals surface area contributed by atoms with Gasteiger partial charge in [-0.05, 0) is 18.2 Å². The Morgan fingerprint density at radius 1 is 1.04 bits per heavy atom.